The summed E-state index contributed by atoms with van der Waals surface area (Å²) in [6, 6.07) is 2.15. The lowest BCUT2D eigenvalue weighted by Crippen LogP contribution is -2.10. The van der Waals surface area contributed by atoms with Crippen LogP contribution < -0.4 is 10.6 Å². The summed E-state index contributed by atoms with van der Waals surface area (Å²) < 4.78 is 6.38. The van der Waals surface area contributed by atoms with Crippen LogP contribution in [0.1, 0.15) is 30.0 Å². The number of furan rings is 1. The van der Waals surface area contributed by atoms with E-state index in [4.69, 9.17) is 4.42 Å². The number of nitrogens with one attached hydrogen (secondary N) is 2. The highest BCUT2D eigenvalue weighted by Gasteiger charge is 2.14. The molecule has 19 heavy (non-hydrogen) atoms. The van der Waals surface area contributed by atoms with Gasteiger partial charge in [0.25, 0.3) is 0 Å². The molecule has 0 aliphatic rings. The molecule has 2 heterocycles. The van der Waals surface area contributed by atoms with Crippen LogP contribution in [0.25, 0.3) is 0 Å². The minimum absolute atomic E-state index is 0.105. The maximum absolute atomic E-state index is 5.55. The Hall–Kier alpha value is -1.56. The molecule has 2 aromatic rings. The Bertz CT molecular complexity index is 582. The Labute approximate surface area is 121 Å². The van der Waals surface area contributed by atoms with Gasteiger partial charge in [-0.25, -0.2) is 4.98 Å². The summed E-state index contributed by atoms with van der Waals surface area (Å²) in [7, 11) is 1.79. The monoisotopic (exact) mass is 324 g/mol. The van der Waals surface area contributed by atoms with E-state index in [1.165, 1.54) is 0 Å². The summed E-state index contributed by atoms with van der Waals surface area (Å²) >= 11 is 3.45. The van der Waals surface area contributed by atoms with Crippen LogP contribution >= 0.6 is 15.9 Å². The van der Waals surface area contributed by atoms with Crippen LogP contribution in [0.4, 0.5) is 11.8 Å². The van der Waals surface area contributed by atoms with Crippen molar-refractivity contribution in [2.24, 2.45) is 0 Å². The summed E-state index contributed by atoms with van der Waals surface area (Å²) in [6.07, 6.45) is 1.72. The average molecular weight is 325 g/mol. The van der Waals surface area contributed by atoms with Crippen LogP contribution in [0.5, 0.6) is 0 Å². The van der Waals surface area contributed by atoms with Crippen LogP contribution in [-0.2, 0) is 0 Å². The Morgan fingerprint density at radius 1 is 1.37 bits per heavy atom. The maximum atomic E-state index is 5.55. The molecular formula is C13H17BrN4O. The van der Waals surface area contributed by atoms with Gasteiger partial charge in [-0.2, -0.15) is 4.98 Å². The first kappa shape index (κ1) is 13.9. The number of anilines is 2. The van der Waals surface area contributed by atoms with Crippen LogP contribution in [0.15, 0.2) is 21.2 Å². The molecule has 2 N–H and O–H groups in total. The van der Waals surface area contributed by atoms with Crippen LogP contribution in [0.2, 0.25) is 0 Å². The molecule has 0 saturated heterocycles. The summed E-state index contributed by atoms with van der Waals surface area (Å²) in [6.45, 7) is 5.99. The van der Waals surface area contributed by atoms with Gasteiger partial charge in [0.15, 0.2) is 0 Å². The fourth-order valence-electron chi connectivity index (χ4n) is 1.95. The van der Waals surface area contributed by atoms with Crippen molar-refractivity contribution in [1.82, 2.24) is 9.97 Å². The summed E-state index contributed by atoms with van der Waals surface area (Å²) in [5.74, 6) is 3.18. The number of halogens is 1. The Morgan fingerprint density at radius 3 is 2.68 bits per heavy atom. The zero-order chi connectivity index (χ0) is 14.0. The Kier molecular flexibility index (Phi) is 4.09. The SMILES string of the molecule is CNc1ncc(Br)c(NC(C)c2cc(C)oc2C)n1. The number of hydrogen-bond acceptors (Lipinski definition) is 5. The lowest BCUT2D eigenvalue weighted by atomic mass is 10.1. The first-order chi connectivity index (χ1) is 9.01. The molecule has 0 spiro atoms. The highest BCUT2D eigenvalue weighted by molar-refractivity contribution is 9.10. The third-order valence-corrected chi connectivity index (χ3v) is 3.45. The topological polar surface area (TPSA) is 63.0 Å². The molecule has 102 valence electrons. The van der Waals surface area contributed by atoms with Crippen molar-refractivity contribution in [3.05, 3.63) is 33.8 Å². The molecule has 0 amide bonds. The lowest BCUT2D eigenvalue weighted by molar-refractivity contribution is 0.499. The van der Waals surface area contributed by atoms with Crippen LogP contribution in [0, 0.1) is 13.8 Å². The van der Waals surface area contributed by atoms with E-state index in [1.807, 2.05) is 19.9 Å². The van der Waals surface area contributed by atoms with Gasteiger partial charge in [-0.05, 0) is 42.8 Å². The lowest BCUT2D eigenvalue weighted by Gasteiger charge is -2.15. The molecule has 0 fully saturated rings. The second kappa shape index (κ2) is 5.61. The van der Waals surface area contributed by atoms with E-state index in [0.29, 0.717) is 5.95 Å². The van der Waals surface area contributed by atoms with E-state index >= 15 is 0 Å². The summed E-state index contributed by atoms with van der Waals surface area (Å²) in [5, 5.41) is 6.28. The molecular weight excluding hydrogens is 308 g/mol. The van der Waals surface area contributed by atoms with Gasteiger partial charge in [0.2, 0.25) is 5.95 Å². The van der Waals surface area contributed by atoms with Gasteiger partial charge in [-0.15, -0.1) is 0 Å². The quantitative estimate of drug-likeness (QED) is 0.898. The van der Waals surface area contributed by atoms with E-state index in [1.54, 1.807) is 13.2 Å². The van der Waals surface area contributed by atoms with Crippen molar-refractivity contribution >= 4 is 27.7 Å². The molecule has 0 radical (unpaired) electrons. The molecule has 0 aliphatic carbocycles. The van der Waals surface area contributed by atoms with Crippen molar-refractivity contribution < 1.29 is 4.42 Å². The van der Waals surface area contributed by atoms with E-state index in [-0.39, 0.29) is 6.04 Å². The largest absolute Gasteiger partial charge is 0.466 e. The highest BCUT2D eigenvalue weighted by atomic mass is 79.9. The van der Waals surface area contributed by atoms with Gasteiger partial charge < -0.3 is 15.1 Å². The zero-order valence-electron chi connectivity index (χ0n) is 11.4. The van der Waals surface area contributed by atoms with Gasteiger partial charge in [0.05, 0.1) is 10.5 Å². The molecule has 0 bridgehead atoms. The number of aryl methyl sites for hydroxylation is 2. The maximum Gasteiger partial charge on any atom is 0.224 e. The van der Waals surface area contributed by atoms with Crippen molar-refractivity contribution in [3.8, 4) is 0 Å². The Balaban J connectivity index is 2.23. The van der Waals surface area contributed by atoms with Gasteiger partial charge >= 0.3 is 0 Å². The molecule has 0 aromatic carbocycles. The fraction of sp³-hybridized carbons (Fsp3) is 0.385. The molecule has 1 atom stereocenters. The second-order valence-electron chi connectivity index (χ2n) is 4.37. The predicted molar refractivity (Wildman–Crippen MR) is 79.5 cm³/mol. The smallest absolute Gasteiger partial charge is 0.224 e. The zero-order valence-corrected chi connectivity index (χ0v) is 13.0. The number of rotatable bonds is 4. The molecule has 2 rings (SSSR count). The molecule has 1 unspecified atom stereocenters. The third kappa shape index (κ3) is 3.07. The molecule has 2 aromatic heterocycles. The fourth-order valence-corrected chi connectivity index (χ4v) is 2.26. The van der Waals surface area contributed by atoms with E-state index in [9.17, 15) is 0 Å². The minimum atomic E-state index is 0.105. The summed E-state index contributed by atoms with van der Waals surface area (Å²) in [5.41, 5.74) is 1.13. The Morgan fingerprint density at radius 2 is 2.11 bits per heavy atom. The van der Waals surface area contributed by atoms with E-state index in [2.05, 4.69) is 43.5 Å². The molecule has 0 saturated carbocycles. The van der Waals surface area contributed by atoms with Crippen LogP contribution in [0.3, 0.4) is 0 Å². The third-order valence-electron chi connectivity index (χ3n) is 2.87. The van der Waals surface area contributed by atoms with Crippen molar-refractivity contribution in [2.45, 2.75) is 26.8 Å². The molecule has 0 aliphatic heterocycles. The van der Waals surface area contributed by atoms with Gasteiger partial charge in [0, 0.05) is 18.8 Å². The average Bonchev–Trinajstić information content (AvgIpc) is 2.71. The standard InChI is InChI=1S/C13H17BrN4O/c1-7-5-10(9(3)19-7)8(2)17-12-11(14)6-16-13(15-4)18-12/h5-6,8H,1-4H3,(H2,15,16,17,18). The van der Waals surface area contributed by atoms with Crippen molar-refractivity contribution in [2.75, 3.05) is 17.7 Å². The summed E-state index contributed by atoms with van der Waals surface area (Å²) in [4.78, 5) is 8.51. The van der Waals surface area contributed by atoms with Gasteiger partial charge in [0.1, 0.15) is 17.3 Å². The molecule has 5 nitrogen and oxygen atoms in total. The van der Waals surface area contributed by atoms with Gasteiger partial charge in [-0.3, -0.25) is 0 Å². The highest BCUT2D eigenvalue weighted by Crippen LogP contribution is 2.27. The van der Waals surface area contributed by atoms with Gasteiger partial charge in [-0.1, -0.05) is 0 Å². The second-order valence-corrected chi connectivity index (χ2v) is 5.23. The van der Waals surface area contributed by atoms with Crippen molar-refractivity contribution in [3.63, 3.8) is 0 Å². The van der Waals surface area contributed by atoms with Crippen molar-refractivity contribution in [1.29, 1.82) is 0 Å². The number of nitrogens with zero attached hydrogens (tertiary/aromatic N) is 2. The number of hydrogen-bond donors (Lipinski definition) is 2. The first-order valence-corrected chi connectivity index (χ1v) is 6.84. The number of aromatic nitrogens is 2. The van der Waals surface area contributed by atoms with E-state index in [0.717, 1.165) is 27.4 Å². The van der Waals surface area contributed by atoms with Crippen LogP contribution in [-0.4, -0.2) is 17.0 Å². The molecule has 6 heteroatoms. The first-order valence-electron chi connectivity index (χ1n) is 6.05. The predicted octanol–water partition coefficient (Wildman–Crippen LogP) is 3.66. The normalized spacial score (nSPS) is 12.3. The van der Waals surface area contributed by atoms with E-state index < -0.39 is 0 Å². The minimum Gasteiger partial charge on any atom is -0.466 e.